The second kappa shape index (κ2) is 6.56. The van der Waals surface area contributed by atoms with Gasteiger partial charge in [-0.25, -0.2) is 9.97 Å². The van der Waals surface area contributed by atoms with Crippen molar-refractivity contribution in [3.05, 3.63) is 59.5 Å². The van der Waals surface area contributed by atoms with Gasteiger partial charge in [0.25, 0.3) is 0 Å². The summed E-state index contributed by atoms with van der Waals surface area (Å²) in [7, 11) is 0. The molecule has 0 radical (unpaired) electrons. The van der Waals surface area contributed by atoms with Gasteiger partial charge in [-0.3, -0.25) is 4.98 Å². The number of nitrogens with two attached hydrogens (primary N) is 1. The molecule has 0 aliphatic carbocycles. The first kappa shape index (κ1) is 17.0. The van der Waals surface area contributed by atoms with Crippen LogP contribution in [0.4, 0.5) is 19.1 Å². The zero-order valence-corrected chi connectivity index (χ0v) is 13.2. The Morgan fingerprint density at radius 3 is 2.32 bits per heavy atom. The monoisotopic (exact) mass is 366 g/mol. The molecular weight excluding hydrogens is 357 g/mol. The zero-order valence-electron chi connectivity index (χ0n) is 12.5. The number of nitrogens with zero attached hydrogens (tertiary/aromatic N) is 3. The Bertz CT molecular complexity index is 880. The summed E-state index contributed by atoms with van der Waals surface area (Å²) in [5.74, 6) is 0.430. The predicted molar refractivity (Wildman–Crippen MR) is 86.2 cm³/mol. The van der Waals surface area contributed by atoms with Crippen LogP contribution >= 0.6 is 11.6 Å². The quantitative estimate of drug-likeness (QED) is 0.686. The fourth-order valence-corrected chi connectivity index (χ4v) is 2.23. The van der Waals surface area contributed by atoms with E-state index in [1.165, 1.54) is 6.07 Å². The molecule has 0 spiro atoms. The summed E-state index contributed by atoms with van der Waals surface area (Å²) in [6.07, 6.45) is -3.49. The van der Waals surface area contributed by atoms with Gasteiger partial charge in [0.05, 0.1) is 5.69 Å². The molecule has 0 bridgehead atoms. The van der Waals surface area contributed by atoms with E-state index < -0.39 is 11.9 Å². The molecule has 0 aliphatic rings. The molecule has 25 heavy (non-hydrogen) atoms. The molecule has 0 aliphatic heterocycles. The number of hydrogen-bond acceptors (Lipinski definition) is 5. The molecule has 128 valence electrons. The van der Waals surface area contributed by atoms with Gasteiger partial charge in [-0.2, -0.15) is 13.2 Å². The van der Waals surface area contributed by atoms with E-state index in [2.05, 4.69) is 15.0 Å². The standard InChI is InChI=1S/C16H10ClF3N4O/c17-14-8-12(23-15(21)24-14)9-1-3-10(4-2-9)25-11-5-6-22-13(7-11)16(18,19)20/h1-8H,(H2,21,23,24). The van der Waals surface area contributed by atoms with Gasteiger partial charge in [0.1, 0.15) is 22.3 Å². The van der Waals surface area contributed by atoms with E-state index in [0.29, 0.717) is 17.0 Å². The van der Waals surface area contributed by atoms with Crippen LogP contribution in [0.1, 0.15) is 5.69 Å². The van der Waals surface area contributed by atoms with Crippen molar-refractivity contribution in [2.24, 2.45) is 0 Å². The number of rotatable bonds is 3. The van der Waals surface area contributed by atoms with Crippen LogP contribution in [0.3, 0.4) is 0 Å². The van der Waals surface area contributed by atoms with Crippen LogP contribution in [0.15, 0.2) is 48.7 Å². The molecule has 3 aromatic rings. The highest BCUT2D eigenvalue weighted by Crippen LogP contribution is 2.31. The van der Waals surface area contributed by atoms with E-state index in [0.717, 1.165) is 12.3 Å². The first-order chi connectivity index (χ1) is 11.8. The Hall–Kier alpha value is -2.87. The Morgan fingerprint density at radius 1 is 0.960 bits per heavy atom. The van der Waals surface area contributed by atoms with Crippen molar-refractivity contribution in [2.45, 2.75) is 6.18 Å². The first-order valence-electron chi connectivity index (χ1n) is 6.93. The van der Waals surface area contributed by atoms with Gasteiger partial charge in [-0.1, -0.05) is 11.6 Å². The smallest absolute Gasteiger partial charge is 0.433 e. The molecule has 2 heterocycles. The Morgan fingerprint density at radius 2 is 1.68 bits per heavy atom. The summed E-state index contributed by atoms with van der Waals surface area (Å²) in [5.41, 5.74) is 5.75. The van der Waals surface area contributed by atoms with Gasteiger partial charge in [-0.05, 0) is 30.3 Å². The molecule has 0 atom stereocenters. The lowest BCUT2D eigenvalue weighted by Crippen LogP contribution is -2.07. The normalized spacial score (nSPS) is 11.4. The van der Waals surface area contributed by atoms with Crippen LogP contribution in [0.5, 0.6) is 11.5 Å². The van der Waals surface area contributed by atoms with Gasteiger partial charge in [0, 0.05) is 23.9 Å². The molecule has 5 nitrogen and oxygen atoms in total. The molecule has 1 aromatic carbocycles. The maximum absolute atomic E-state index is 12.7. The summed E-state index contributed by atoms with van der Waals surface area (Å²) in [6, 6.07) is 10.3. The van der Waals surface area contributed by atoms with Crippen molar-refractivity contribution in [3.63, 3.8) is 0 Å². The number of ether oxygens (including phenoxy) is 1. The maximum Gasteiger partial charge on any atom is 0.433 e. The minimum absolute atomic E-state index is 0.0319. The molecular formula is C16H10ClF3N4O. The van der Waals surface area contributed by atoms with Crippen LogP contribution in [0.2, 0.25) is 5.15 Å². The third-order valence-electron chi connectivity index (χ3n) is 3.12. The molecule has 0 saturated carbocycles. The van der Waals surface area contributed by atoms with Crippen LogP contribution < -0.4 is 10.5 Å². The minimum Gasteiger partial charge on any atom is -0.457 e. The lowest BCUT2D eigenvalue weighted by Gasteiger charge is -2.09. The van der Waals surface area contributed by atoms with E-state index in [9.17, 15) is 13.2 Å². The summed E-state index contributed by atoms with van der Waals surface area (Å²) in [4.78, 5) is 11.1. The second-order valence-electron chi connectivity index (χ2n) is 4.94. The number of halogens is 4. The summed E-state index contributed by atoms with van der Waals surface area (Å²) in [5, 5.41) is 0.208. The first-order valence-corrected chi connectivity index (χ1v) is 7.31. The molecule has 2 N–H and O–H groups in total. The average molecular weight is 367 g/mol. The SMILES string of the molecule is Nc1nc(Cl)cc(-c2ccc(Oc3ccnc(C(F)(F)F)c3)cc2)n1. The minimum atomic E-state index is -4.53. The van der Waals surface area contributed by atoms with E-state index in [-0.39, 0.29) is 16.9 Å². The van der Waals surface area contributed by atoms with E-state index in [4.69, 9.17) is 22.1 Å². The van der Waals surface area contributed by atoms with Crippen LogP contribution in [-0.2, 0) is 6.18 Å². The van der Waals surface area contributed by atoms with Gasteiger partial charge in [0.15, 0.2) is 0 Å². The van der Waals surface area contributed by atoms with Gasteiger partial charge in [-0.15, -0.1) is 0 Å². The van der Waals surface area contributed by atoms with Crippen molar-refractivity contribution in [1.29, 1.82) is 0 Å². The molecule has 3 rings (SSSR count). The van der Waals surface area contributed by atoms with Crippen molar-refractivity contribution < 1.29 is 17.9 Å². The van der Waals surface area contributed by atoms with Gasteiger partial charge >= 0.3 is 6.18 Å². The Kier molecular flexibility index (Phi) is 4.45. The molecule has 0 amide bonds. The summed E-state index contributed by atoms with van der Waals surface area (Å²) >= 11 is 5.84. The topological polar surface area (TPSA) is 73.9 Å². The summed E-state index contributed by atoms with van der Waals surface area (Å²) < 4.78 is 43.4. The third kappa shape index (κ3) is 4.16. The predicted octanol–water partition coefficient (Wildman–Crippen LogP) is 4.59. The fraction of sp³-hybridized carbons (Fsp3) is 0.0625. The van der Waals surface area contributed by atoms with Crippen molar-refractivity contribution in [2.75, 3.05) is 5.73 Å². The maximum atomic E-state index is 12.7. The number of anilines is 1. The lowest BCUT2D eigenvalue weighted by atomic mass is 10.1. The highest BCUT2D eigenvalue weighted by Gasteiger charge is 2.32. The van der Waals surface area contributed by atoms with Crippen LogP contribution in [0, 0.1) is 0 Å². The van der Waals surface area contributed by atoms with Crippen molar-refractivity contribution >= 4 is 17.5 Å². The highest BCUT2D eigenvalue weighted by molar-refractivity contribution is 6.29. The second-order valence-corrected chi connectivity index (χ2v) is 5.32. The van der Waals surface area contributed by atoms with Crippen LogP contribution in [-0.4, -0.2) is 15.0 Å². The van der Waals surface area contributed by atoms with Gasteiger partial charge in [0.2, 0.25) is 5.95 Å². The highest BCUT2D eigenvalue weighted by atomic mass is 35.5. The molecule has 0 saturated heterocycles. The molecule has 2 aromatic heterocycles. The van der Waals surface area contributed by atoms with E-state index >= 15 is 0 Å². The van der Waals surface area contributed by atoms with E-state index in [1.807, 2.05) is 0 Å². The van der Waals surface area contributed by atoms with Crippen LogP contribution in [0.25, 0.3) is 11.3 Å². The number of aromatic nitrogens is 3. The largest absolute Gasteiger partial charge is 0.457 e. The zero-order chi connectivity index (χ0) is 18.0. The number of hydrogen-bond donors (Lipinski definition) is 1. The number of benzene rings is 1. The molecule has 0 fully saturated rings. The summed E-state index contributed by atoms with van der Waals surface area (Å²) in [6.45, 7) is 0. The number of pyridine rings is 1. The fourth-order valence-electron chi connectivity index (χ4n) is 2.04. The van der Waals surface area contributed by atoms with E-state index in [1.54, 1.807) is 30.3 Å². The van der Waals surface area contributed by atoms with Gasteiger partial charge < -0.3 is 10.5 Å². The Balaban J connectivity index is 1.81. The third-order valence-corrected chi connectivity index (χ3v) is 3.31. The Labute approximate surface area is 145 Å². The molecule has 9 heteroatoms. The number of alkyl halides is 3. The van der Waals surface area contributed by atoms with Crippen molar-refractivity contribution in [1.82, 2.24) is 15.0 Å². The molecule has 0 unspecified atom stereocenters. The van der Waals surface area contributed by atoms with Crippen molar-refractivity contribution in [3.8, 4) is 22.8 Å². The lowest BCUT2D eigenvalue weighted by molar-refractivity contribution is -0.141. The average Bonchev–Trinajstić information content (AvgIpc) is 2.54. The number of nitrogen functional groups attached to an aromatic ring is 1.